The molecule has 0 radical (unpaired) electrons. The number of rotatable bonds is 8. The summed E-state index contributed by atoms with van der Waals surface area (Å²) in [4.78, 5) is 13.4. The standard InChI is InChI=1S/C28H26O2/c1-2-3-10-19-30-24-17-15-21-16-18-25(28(29)23-13-8-5-9-14-23)27(26(21)20-24)22-11-6-4-7-12-22/h4-9,11-18,20H,2-3,10,19H2,1H3. The van der Waals surface area contributed by atoms with Gasteiger partial charge in [-0.05, 0) is 41.0 Å². The van der Waals surface area contributed by atoms with Crippen molar-refractivity contribution in [1.29, 1.82) is 0 Å². The van der Waals surface area contributed by atoms with Crippen LogP contribution >= 0.6 is 0 Å². The van der Waals surface area contributed by atoms with Gasteiger partial charge < -0.3 is 4.74 Å². The molecule has 30 heavy (non-hydrogen) atoms. The summed E-state index contributed by atoms with van der Waals surface area (Å²) in [5.74, 6) is 0.880. The van der Waals surface area contributed by atoms with Crippen molar-refractivity contribution in [2.75, 3.05) is 6.61 Å². The lowest BCUT2D eigenvalue weighted by molar-refractivity contribution is 0.103. The van der Waals surface area contributed by atoms with Crippen molar-refractivity contribution in [3.8, 4) is 16.9 Å². The molecule has 0 amide bonds. The maximum atomic E-state index is 13.4. The number of carbonyl (C=O) groups is 1. The number of hydrogen-bond acceptors (Lipinski definition) is 2. The van der Waals surface area contributed by atoms with E-state index in [9.17, 15) is 4.79 Å². The largest absolute Gasteiger partial charge is 0.494 e. The molecule has 4 aromatic carbocycles. The van der Waals surface area contributed by atoms with Gasteiger partial charge in [0.25, 0.3) is 0 Å². The maximum Gasteiger partial charge on any atom is 0.193 e. The first-order valence-corrected chi connectivity index (χ1v) is 10.6. The molecule has 4 aromatic rings. The molecule has 4 rings (SSSR count). The normalized spacial score (nSPS) is 10.8. The number of hydrogen-bond donors (Lipinski definition) is 0. The van der Waals surface area contributed by atoms with Crippen LogP contribution in [0.15, 0.2) is 91.0 Å². The van der Waals surface area contributed by atoms with Gasteiger partial charge >= 0.3 is 0 Å². The summed E-state index contributed by atoms with van der Waals surface area (Å²) >= 11 is 0. The predicted octanol–water partition coefficient (Wildman–Crippen LogP) is 7.31. The van der Waals surface area contributed by atoms with Gasteiger partial charge in [-0.1, -0.05) is 92.6 Å². The Labute approximate surface area is 178 Å². The minimum Gasteiger partial charge on any atom is -0.494 e. The summed E-state index contributed by atoms with van der Waals surface area (Å²) in [6.07, 6.45) is 3.38. The third-order valence-electron chi connectivity index (χ3n) is 5.35. The maximum absolute atomic E-state index is 13.4. The highest BCUT2D eigenvalue weighted by molar-refractivity contribution is 6.17. The van der Waals surface area contributed by atoms with E-state index in [1.165, 1.54) is 12.8 Å². The molecule has 0 saturated carbocycles. The Bertz CT molecular complexity index is 1130. The molecule has 2 nitrogen and oxygen atoms in total. The van der Waals surface area contributed by atoms with E-state index in [1.807, 2.05) is 66.7 Å². The van der Waals surface area contributed by atoms with Crippen LogP contribution in [0.3, 0.4) is 0 Å². The van der Waals surface area contributed by atoms with Crippen LogP contribution in [0.2, 0.25) is 0 Å². The number of carbonyl (C=O) groups excluding carboxylic acids is 1. The number of unbranched alkanes of at least 4 members (excludes halogenated alkanes) is 2. The molecule has 0 aromatic heterocycles. The first-order chi connectivity index (χ1) is 14.8. The van der Waals surface area contributed by atoms with E-state index >= 15 is 0 Å². The summed E-state index contributed by atoms with van der Waals surface area (Å²) < 4.78 is 6.01. The Hall–Kier alpha value is -3.39. The van der Waals surface area contributed by atoms with Crippen molar-refractivity contribution in [2.24, 2.45) is 0 Å². The smallest absolute Gasteiger partial charge is 0.193 e. The van der Waals surface area contributed by atoms with Crippen LogP contribution in [0.25, 0.3) is 21.9 Å². The quantitative estimate of drug-likeness (QED) is 0.231. The van der Waals surface area contributed by atoms with Crippen LogP contribution in [-0.4, -0.2) is 12.4 Å². The zero-order chi connectivity index (χ0) is 20.8. The molecule has 150 valence electrons. The predicted molar refractivity (Wildman–Crippen MR) is 124 cm³/mol. The second-order valence-corrected chi connectivity index (χ2v) is 7.49. The molecular weight excluding hydrogens is 368 g/mol. The van der Waals surface area contributed by atoms with E-state index in [0.29, 0.717) is 17.7 Å². The van der Waals surface area contributed by atoms with Crippen LogP contribution in [0.4, 0.5) is 0 Å². The van der Waals surface area contributed by atoms with E-state index in [1.54, 1.807) is 0 Å². The number of ether oxygens (including phenoxy) is 1. The zero-order valence-corrected chi connectivity index (χ0v) is 17.3. The van der Waals surface area contributed by atoms with Crippen LogP contribution < -0.4 is 4.74 Å². The molecule has 0 fully saturated rings. The van der Waals surface area contributed by atoms with Crippen molar-refractivity contribution in [2.45, 2.75) is 26.2 Å². The minimum absolute atomic E-state index is 0.0330. The van der Waals surface area contributed by atoms with Crippen molar-refractivity contribution in [3.05, 3.63) is 102 Å². The summed E-state index contributed by atoms with van der Waals surface area (Å²) in [5, 5.41) is 2.13. The number of fused-ring (bicyclic) bond motifs is 1. The van der Waals surface area contributed by atoms with Gasteiger partial charge in [-0.15, -0.1) is 0 Å². The van der Waals surface area contributed by atoms with Crippen molar-refractivity contribution >= 4 is 16.6 Å². The van der Waals surface area contributed by atoms with Crippen LogP contribution in [0.1, 0.15) is 42.1 Å². The molecular formula is C28H26O2. The molecule has 0 unspecified atom stereocenters. The molecule has 0 aliphatic carbocycles. The second kappa shape index (κ2) is 9.41. The molecule has 0 atom stereocenters. The zero-order valence-electron chi connectivity index (χ0n) is 17.3. The summed E-state index contributed by atoms with van der Waals surface area (Å²) in [7, 11) is 0. The Kier molecular flexibility index (Phi) is 6.24. The van der Waals surface area contributed by atoms with Gasteiger partial charge in [-0.2, -0.15) is 0 Å². The van der Waals surface area contributed by atoms with E-state index in [0.717, 1.165) is 34.1 Å². The first kappa shape index (κ1) is 19.9. The summed E-state index contributed by atoms with van der Waals surface area (Å²) in [6, 6.07) is 29.7. The van der Waals surface area contributed by atoms with Gasteiger partial charge in [0.2, 0.25) is 0 Å². The number of ketones is 1. The summed E-state index contributed by atoms with van der Waals surface area (Å²) in [6.45, 7) is 2.90. The highest BCUT2D eigenvalue weighted by Gasteiger charge is 2.18. The Morgan fingerprint density at radius 1 is 0.800 bits per heavy atom. The topological polar surface area (TPSA) is 26.3 Å². The molecule has 2 heteroatoms. The van der Waals surface area contributed by atoms with Crippen molar-refractivity contribution in [1.82, 2.24) is 0 Å². The fourth-order valence-electron chi connectivity index (χ4n) is 3.78. The van der Waals surface area contributed by atoms with Crippen LogP contribution in [0, 0.1) is 0 Å². The lowest BCUT2D eigenvalue weighted by Gasteiger charge is -2.15. The van der Waals surface area contributed by atoms with Crippen LogP contribution in [0.5, 0.6) is 5.75 Å². The van der Waals surface area contributed by atoms with E-state index in [-0.39, 0.29) is 5.78 Å². The van der Waals surface area contributed by atoms with Gasteiger partial charge in [0, 0.05) is 16.7 Å². The van der Waals surface area contributed by atoms with E-state index in [4.69, 9.17) is 4.74 Å². The second-order valence-electron chi connectivity index (χ2n) is 7.49. The molecule has 0 bridgehead atoms. The lowest BCUT2D eigenvalue weighted by atomic mass is 9.89. The third kappa shape index (κ3) is 4.28. The third-order valence-corrected chi connectivity index (χ3v) is 5.35. The molecule has 0 heterocycles. The van der Waals surface area contributed by atoms with Crippen LogP contribution in [-0.2, 0) is 0 Å². The molecule has 0 saturated heterocycles. The lowest BCUT2D eigenvalue weighted by Crippen LogP contribution is -2.04. The first-order valence-electron chi connectivity index (χ1n) is 10.6. The van der Waals surface area contributed by atoms with Crippen molar-refractivity contribution < 1.29 is 9.53 Å². The van der Waals surface area contributed by atoms with E-state index < -0.39 is 0 Å². The van der Waals surface area contributed by atoms with Gasteiger partial charge in [-0.25, -0.2) is 0 Å². The number of benzene rings is 4. The van der Waals surface area contributed by atoms with Crippen molar-refractivity contribution in [3.63, 3.8) is 0 Å². The van der Waals surface area contributed by atoms with Gasteiger partial charge in [-0.3, -0.25) is 4.79 Å². The van der Waals surface area contributed by atoms with E-state index in [2.05, 4.69) is 31.2 Å². The Morgan fingerprint density at radius 2 is 1.50 bits per heavy atom. The fraction of sp³-hybridized carbons (Fsp3) is 0.179. The Balaban J connectivity index is 1.84. The van der Waals surface area contributed by atoms with Gasteiger partial charge in [0.05, 0.1) is 6.61 Å². The summed E-state index contributed by atoms with van der Waals surface area (Å²) in [5.41, 5.74) is 3.40. The molecule has 0 spiro atoms. The SMILES string of the molecule is CCCCCOc1ccc2ccc(C(=O)c3ccccc3)c(-c3ccccc3)c2c1. The molecule has 0 N–H and O–H groups in total. The average Bonchev–Trinajstić information content (AvgIpc) is 2.81. The molecule has 0 aliphatic rings. The minimum atomic E-state index is 0.0330. The fourth-order valence-corrected chi connectivity index (χ4v) is 3.78. The average molecular weight is 395 g/mol. The highest BCUT2D eigenvalue weighted by Crippen LogP contribution is 2.35. The highest BCUT2D eigenvalue weighted by atomic mass is 16.5. The molecule has 0 aliphatic heterocycles. The van der Waals surface area contributed by atoms with Gasteiger partial charge in [0.15, 0.2) is 5.78 Å². The van der Waals surface area contributed by atoms with Gasteiger partial charge in [0.1, 0.15) is 5.75 Å². The monoisotopic (exact) mass is 394 g/mol. The Morgan fingerprint density at radius 3 is 2.23 bits per heavy atom.